The number of urea groups is 1. The second-order valence-corrected chi connectivity index (χ2v) is 5.99. The van der Waals surface area contributed by atoms with Gasteiger partial charge in [-0.25, -0.2) is 9.59 Å². The van der Waals surface area contributed by atoms with Crippen LogP contribution in [0.15, 0.2) is 48.5 Å². The van der Waals surface area contributed by atoms with E-state index in [1.54, 1.807) is 48.5 Å². The van der Waals surface area contributed by atoms with Crippen LogP contribution in [0.5, 0.6) is 5.75 Å². The molecule has 142 valence electrons. The van der Waals surface area contributed by atoms with Gasteiger partial charge < -0.3 is 14.8 Å². The average Bonchev–Trinajstić information content (AvgIpc) is 2.67. The first-order valence-electron chi connectivity index (χ1n) is 8.10. The predicted octanol–water partition coefficient (Wildman–Crippen LogP) is 2.92. The Labute approximate surface area is 161 Å². The second kappa shape index (κ2) is 9.59. The first-order valence-corrected chi connectivity index (χ1v) is 8.47. The lowest BCUT2D eigenvalue weighted by Crippen LogP contribution is -2.43. The Morgan fingerprint density at radius 1 is 1.04 bits per heavy atom. The van der Waals surface area contributed by atoms with E-state index in [4.69, 9.17) is 21.1 Å². The van der Waals surface area contributed by atoms with Crippen molar-refractivity contribution in [3.05, 3.63) is 64.7 Å². The fourth-order valence-corrected chi connectivity index (χ4v) is 2.12. The standard InChI is InChI=1S/C19H19ClN2O5/c1-12(17(23)22-19(25)21-2)27-18(24)14-5-3-13(4-6-14)11-26-16-9-7-15(20)8-10-16/h3-10,12H,11H2,1-2H3,(H2,21,22,23,25)/t12-/m0/s1. The summed E-state index contributed by atoms with van der Waals surface area (Å²) in [6.45, 7) is 1.70. The van der Waals surface area contributed by atoms with Crippen LogP contribution in [0.2, 0.25) is 5.02 Å². The molecule has 0 saturated carbocycles. The highest BCUT2D eigenvalue weighted by Gasteiger charge is 2.20. The molecule has 0 unspecified atom stereocenters. The van der Waals surface area contributed by atoms with Gasteiger partial charge in [0.25, 0.3) is 5.91 Å². The quantitative estimate of drug-likeness (QED) is 0.739. The molecule has 0 radical (unpaired) electrons. The number of ether oxygens (including phenoxy) is 2. The number of amides is 3. The van der Waals surface area contributed by atoms with E-state index in [1.165, 1.54) is 14.0 Å². The molecule has 0 aliphatic rings. The van der Waals surface area contributed by atoms with Crippen LogP contribution < -0.4 is 15.4 Å². The van der Waals surface area contributed by atoms with Crippen molar-refractivity contribution in [2.45, 2.75) is 19.6 Å². The molecule has 0 heterocycles. The summed E-state index contributed by atoms with van der Waals surface area (Å²) < 4.78 is 10.7. The molecule has 0 aliphatic carbocycles. The van der Waals surface area contributed by atoms with Gasteiger partial charge in [-0.15, -0.1) is 0 Å². The number of nitrogens with one attached hydrogen (secondary N) is 2. The summed E-state index contributed by atoms with van der Waals surface area (Å²) in [4.78, 5) is 34.9. The number of carbonyl (C=O) groups is 3. The summed E-state index contributed by atoms with van der Waals surface area (Å²) >= 11 is 5.82. The maximum Gasteiger partial charge on any atom is 0.338 e. The van der Waals surface area contributed by atoms with Crippen molar-refractivity contribution in [2.24, 2.45) is 0 Å². The number of halogens is 1. The monoisotopic (exact) mass is 390 g/mol. The zero-order chi connectivity index (χ0) is 19.8. The minimum absolute atomic E-state index is 0.282. The summed E-state index contributed by atoms with van der Waals surface area (Å²) in [6.07, 6.45) is -1.11. The van der Waals surface area contributed by atoms with Crippen molar-refractivity contribution < 1.29 is 23.9 Å². The van der Waals surface area contributed by atoms with Gasteiger partial charge in [-0.1, -0.05) is 23.7 Å². The molecule has 0 bridgehead atoms. The third-order valence-electron chi connectivity index (χ3n) is 3.53. The summed E-state index contributed by atoms with van der Waals surface area (Å²) in [5.74, 6) is -0.700. The van der Waals surface area contributed by atoms with E-state index >= 15 is 0 Å². The van der Waals surface area contributed by atoms with Crippen molar-refractivity contribution in [1.29, 1.82) is 0 Å². The van der Waals surface area contributed by atoms with Gasteiger partial charge in [0.2, 0.25) is 0 Å². The predicted molar refractivity (Wildman–Crippen MR) is 99.7 cm³/mol. The highest BCUT2D eigenvalue weighted by Crippen LogP contribution is 2.17. The van der Waals surface area contributed by atoms with Crippen LogP contribution in [0.3, 0.4) is 0 Å². The van der Waals surface area contributed by atoms with Gasteiger partial charge in [-0.05, 0) is 48.9 Å². The Balaban J connectivity index is 1.88. The Hall–Kier alpha value is -3.06. The van der Waals surface area contributed by atoms with Crippen LogP contribution in [-0.2, 0) is 16.1 Å². The molecule has 0 aliphatic heterocycles. The topological polar surface area (TPSA) is 93.7 Å². The minimum atomic E-state index is -1.11. The van der Waals surface area contributed by atoms with Gasteiger partial charge in [0.15, 0.2) is 6.10 Å². The van der Waals surface area contributed by atoms with Crippen molar-refractivity contribution in [1.82, 2.24) is 10.6 Å². The van der Waals surface area contributed by atoms with E-state index in [9.17, 15) is 14.4 Å². The van der Waals surface area contributed by atoms with E-state index in [2.05, 4.69) is 5.32 Å². The van der Waals surface area contributed by atoms with Crippen molar-refractivity contribution >= 4 is 29.5 Å². The lowest BCUT2D eigenvalue weighted by atomic mass is 10.1. The number of esters is 1. The molecule has 0 spiro atoms. The van der Waals surface area contributed by atoms with Crippen molar-refractivity contribution in [3.8, 4) is 5.75 Å². The third kappa shape index (κ3) is 6.31. The zero-order valence-electron chi connectivity index (χ0n) is 14.8. The average molecular weight is 391 g/mol. The van der Waals surface area contributed by atoms with Crippen LogP contribution in [0.1, 0.15) is 22.8 Å². The lowest BCUT2D eigenvalue weighted by molar-refractivity contribution is -0.127. The lowest BCUT2D eigenvalue weighted by Gasteiger charge is -2.13. The largest absolute Gasteiger partial charge is 0.489 e. The maximum absolute atomic E-state index is 12.1. The van der Waals surface area contributed by atoms with Gasteiger partial charge in [0.1, 0.15) is 12.4 Å². The van der Waals surface area contributed by atoms with Crippen LogP contribution in [0.25, 0.3) is 0 Å². The number of rotatable bonds is 6. The molecule has 2 rings (SSSR count). The van der Waals surface area contributed by atoms with Crippen LogP contribution in [-0.4, -0.2) is 31.1 Å². The van der Waals surface area contributed by atoms with Crippen LogP contribution in [0, 0.1) is 0 Å². The van der Waals surface area contributed by atoms with E-state index in [1.807, 2.05) is 5.32 Å². The Bertz CT molecular complexity index is 806. The molecule has 27 heavy (non-hydrogen) atoms. The van der Waals surface area contributed by atoms with Crippen molar-refractivity contribution in [2.75, 3.05) is 7.05 Å². The highest BCUT2D eigenvalue weighted by molar-refractivity contribution is 6.30. The fraction of sp³-hybridized carbons (Fsp3) is 0.211. The third-order valence-corrected chi connectivity index (χ3v) is 3.78. The smallest absolute Gasteiger partial charge is 0.338 e. The molecule has 1 atom stereocenters. The molecule has 3 amide bonds. The molecule has 2 aromatic carbocycles. The summed E-state index contributed by atoms with van der Waals surface area (Å²) in [5, 5.41) is 4.91. The SMILES string of the molecule is CNC(=O)NC(=O)[C@H](C)OC(=O)c1ccc(COc2ccc(Cl)cc2)cc1. The highest BCUT2D eigenvalue weighted by atomic mass is 35.5. The van der Waals surface area contributed by atoms with Gasteiger partial charge in [-0.2, -0.15) is 0 Å². The molecule has 0 fully saturated rings. The first-order chi connectivity index (χ1) is 12.9. The molecular formula is C19H19ClN2O5. The molecule has 7 nitrogen and oxygen atoms in total. The van der Waals surface area contributed by atoms with E-state index in [-0.39, 0.29) is 5.56 Å². The zero-order valence-corrected chi connectivity index (χ0v) is 15.6. The van der Waals surface area contributed by atoms with Crippen LogP contribution in [0.4, 0.5) is 4.79 Å². The molecule has 0 saturated heterocycles. The molecule has 0 aromatic heterocycles. The molecule has 8 heteroatoms. The summed E-state index contributed by atoms with van der Waals surface area (Å²) in [5.41, 5.74) is 1.14. The number of imide groups is 1. The number of hydrogen-bond acceptors (Lipinski definition) is 5. The Kier molecular flexibility index (Phi) is 7.19. The number of carbonyl (C=O) groups excluding carboxylic acids is 3. The number of hydrogen-bond donors (Lipinski definition) is 2. The first kappa shape index (κ1) is 20.3. The molecule has 2 N–H and O–H groups in total. The fourth-order valence-electron chi connectivity index (χ4n) is 1.99. The second-order valence-electron chi connectivity index (χ2n) is 5.56. The maximum atomic E-state index is 12.1. The van der Waals surface area contributed by atoms with Gasteiger partial charge in [-0.3, -0.25) is 10.1 Å². The van der Waals surface area contributed by atoms with E-state index in [0.717, 1.165) is 5.56 Å². The molecule has 2 aromatic rings. The normalized spacial score (nSPS) is 11.2. The summed E-state index contributed by atoms with van der Waals surface area (Å²) in [7, 11) is 1.37. The van der Waals surface area contributed by atoms with Crippen molar-refractivity contribution in [3.63, 3.8) is 0 Å². The molecular weight excluding hydrogens is 372 g/mol. The number of benzene rings is 2. The Morgan fingerprint density at radius 3 is 2.26 bits per heavy atom. The van der Waals surface area contributed by atoms with Gasteiger partial charge in [0, 0.05) is 12.1 Å². The van der Waals surface area contributed by atoms with Gasteiger partial charge >= 0.3 is 12.0 Å². The van der Waals surface area contributed by atoms with E-state index < -0.39 is 24.0 Å². The minimum Gasteiger partial charge on any atom is -0.489 e. The van der Waals surface area contributed by atoms with E-state index in [0.29, 0.717) is 17.4 Å². The van der Waals surface area contributed by atoms with Crippen LogP contribution >= 0.6 is 11.6 Å². The Morgan fingerprint density at radius 2 is 1.67 bits per heavy atom. The van der Waals surface area contributed by atoms with Gasteiger partial charge in [0.05, 0.1) is 5.56 Å². The summed E-state index contributed by atoms with van der Waals surface area (Å²) in [6, 6.07) is 12.9.